The van der Waals surface area contributed by atoms with E-state index in [1.807, 2.05) is 12.1 Å². The number of benzene rings is 3. The van der Waals surface area contributed by atoms with Crippen LogP contribution in [0.2, 0.25) is 0 Å². The average Bonchev–Trinajstić information content (AvgIpc) is 3.37. The molecule has 2 amide bonds. The molecule has 39 heavy (non-hydrogen) atoms. The Morgan fingerprint density at radius 2 is 1.90 bits per heavy atom. The van der Waals surface area contributed by atoms with Crippen LogP contribution in [0.25, 0.3) is 10.8 Å². The molecule has 4 rings (SSSR count). The quantitative estimate of drug-likeness (QED) is 0.440. The Morgan fingerprint density at radius 3 is 2.49 bits per heavy atom. The van der Waals surface area contributed by atoms with E-state index in [1.54, 1.807) is 18.2 Å². The molecule has 1 aliphatic rings. The Bertz CT molecular complexity index is 1430. The van der Waals surface area contributed by atoms with Crippen molar-refractivity contribution in [3.63, 3.8) is 0 Å². The fraction of sp³-hybridized carbons (Fsp3) is 0.321. The highest BCUT2D eigenvalue weighted by atomic mass is 19.4. The van der Waals surface area contributed by atoms with Crippen molar-refractivity contribution in [3.05, 3.63) is 77.1 Å². The lowest BCUT2D eigenvalue weighted by Crippen LogP contribution is -2.60. The third-order valence-corrected chi connectivity index (χ3v) is 7.01. The second-order valence-electron chi connectivity index (χ2n) is 9.48. The molecule has 0 aromatic heterocycles. The van der Waals surface area contributed by atoms with Crippen molar-refractivity contribution in [1.82, 2.24) is 15.5 Å². The molecule has 1 heterocycles. The average molecular weight is 543 g/mol. The Hall–Kier alpha value is -4.17. The van der Waals surface area contributed by atoms with Crippen LogP contribution < -0.4 is 15.4 Å². The van der Waals surface area contributed by atoms with Gasteiger partial charge in [0.2, 0.25) is 5.91 Å². The lowest BCUT2D eigenvalue weighted by atomic mass is 9.77. The van der Waals surface area contributed by atoms with E-state index >= 15 is 0 Å². The van der Waals surface area contributed by atoms with E-state index in [2.05, 4.69) is 16.7 Å². The molecule has 2 atom stereocenters. The first-order valence-electron chi connectivity index (χ1n) is 12.1. The summed E-state index contributed by atoms with van der Waals surface area (Å²) in [5.74, 6) is -4.34. The molecule has 0 radical (unpaired) electrons. The maximum Gasteiger partial charge on any atom is 0.471 e. The van der Waals surface area contributed by atoms with Crippen LogP contribution in [-0.2, 0) is 16.1 Å². The van der Waals surface area contributed by atoms with Crippen LogP contribution in [0.15, 0.2) is 54.6 Å². The second-order valence-corrected chi connectivity index (χ2v) is 9.48. The van der Waals surface area contributed by atoms with Crippen molar-refractivity contribution in [3.8, 4) is 11.8 Å². The van der Waals surface area contributed by atoms with Crippen molar-refractivity contribution in [2.45, 2.75) is 30.6 Å². The topological polar surface area (TPSA) is 94.5 Å². The monoisotopic (exact) mass is 542 g/mol. The Labute approximate surface area is 222 Å². The molecule has 3 aromatic carbocycles. The van der Waals surface area contributed by atoms with Gasteiger partial charge >= 0.3 is 12.1 Å². The smallest absolute Gasteiger partial charge is 0.471 e. The number of nitriles is 1. The van der Waals surface area contributed by atoms with Gasteiger partial charge in [0.1, 0.15) is 17.6 Å². The lowest BCUT2D eigenvalue weighted by Gasteiger charge is -2.39. The Morgan fingerprint density at radius 1 is 1.21 bits per heavy atom. The standard InChI is InChI=1S/C28H26F4N4O3/c1-36(15-22-21-6-4-3-5-18(21)13-19(14-33)24(22)39-2)25(37)23(17-7-9-20(29)10-8-17)27(11-12-34-16-27)35-26(38)28(30,31)32/h3-10,13,23,34H,11-12,15-16H2,1-2H3,(H,35,38)/t23?,27-/m1/s1. The summed E-state index contributed by atoms with van der Waals surface area (Å²) in [6.07, 6.45) is -5.13. The predicted molar refractivity (Wildman–Crippen MR) is 135 cm³/mol. The van der Waals surface area contributed by atoms with Gasteiger partial charge in [-0.25, -0.2) is 4.39 Å². The molecule has 1 saturated heterocycles. The largest absolute Gasteiger partial charge is 0.495 e. The number of nitrogens with zero attached hydrogens (tertiary/aromatic N) is 2. The second kappa shape index (κ2) is 10.9. The van der Waals surface area contributed by atoms with Crippen molar-refractivity contribution in [2.24, 2.45) is 0 Å². The summed E-state index contributed by atoms with van der Waals surface area (Å²) < 4.78 is 59.3. The van der Waals surface area contributed by atoms with Gasteiger partial charge in [-0.05, 0) is 47.5 Å². The van der Waals surface area contributed by atoms with Crippen LogP contribution in [0.3, 0.4) is 0 Å². The van der Waals surface area contributed by atoms with Gasteiger partial charge in [0.15, 0.2) is 0 Å². The van der Waals surface area contributed by atoms with Gasteiger partial charge in [-0.15, -0.1) is 0 Å². The summed E-state index contributed by atoms with van der Waals surface area (Å²) in [5, 5.41) is 16.2. The van der Waals surface area contributed by atoms with Crippen LogP contribution in [0.1, 0.15) is 29.0 Å². The summed E-state index contributed by atoms with van der Waals surface area (Å²) in [6, 6.07) is 15.9. The fourth-order valence-corrected chi connectivity index (χ4v) is 5.20. The molecule has 1 aliphatic heterocycles. The van der Waals surface area contributed by atoms with E-state index in [0.717, 1.165) is 22.9 Å². The van der Waals surface area contributed by atoms with Crippen molar-refractivity contribution < 1.29 is 31.9 Å². The first-order chi connectivity index (χ1) is 18.5. The van der Waals surface area contributed by atoms with Gasteiger partial charge in [0.25, 0.3) is 0 Å². The van der Waals surface area contributed by atoms with Gasteiger partial charge < -0.3 is 20.3 Å². The first-order valence-corrected chi connectivity index (χ1v) is 12.1. The first kappa shape index (κ1) is 27.9. The van der Waals surface area contributed by atoms with E-state index < -0.39 is 35.3 Å². The number of ether oxygens (including phenoxy) is 1. The van der Waals surface area contributed by atoms with Gasteiger partial charge in [-0.3, -0.25) is 9.59 Å². The van der Waals surface area contributed by atoms with Crippen LogP contribution in [0.4, 0.5) is 17.6 Å². The highest BCUT2D eigenvalue weighted by Gasteiger charge is 2.52. The van der Waals surface area contributed by atoms with Crippen molar-refractivity contribution in [2.75, 3.05) is 27.2 Å². The van der Waals surface area contributed by atoms with E-state index in [1.165, 1.54) is 31.2 Å². The maximum atomic E-state index is 14.1. The predicted octanol–water partition coefficient (Wildman–Crippen LogP) is 4.01. The van der Waals surface area contributed by atoms with Gasteiger partial charge in [0, 0.05) is 25.7 Å². The number of methoxy groups -OCH3 is 1. The van der Waals surface area contributed by atoms with E-state index in [-0.39, 0.29) is 42.9 Å². The summed E-state index contributed by atoms with van der Waals surface area (Å²) in [7, 11) is 2.89. The number of alkyl halides is 3. The summed E-state index contributed by atoms with van der Waals surface area (Å²) in [6.45, 7) is 0.106. The summed E-state index contributed by atoms with van der Waals surface area (Å²) >= 11 is 0. The number of nitrogens with one attached hydrogen (secondary N) is 2. The number of carbonyl (C=O) groups is 2. The van der Waals surface area contributed by atoms with Crippen LogP contribution >= 0.6 is 0 Å². The molecular weight excluding hydrogens is 516 g/mol. The summed E-state index contributed by atoms with van der Waals surface area (Å²) in [5.41, 5.74) is -0.576. The normalized spacial score (nSPS) is 17.9. The molecule has 0 spiro atoms. The summed E-state index contributed by atoms with van der Waals surface area (Å²) in [4.78, 5) is 27.5. The maximum absolute atomic E-state index is 14.1. The molecule has 1 unspecified atom stereocenters. The number of halogens is 4. The molecule has 204 valence electrons. The van der Waals surface area contributed by atoms with Gasteiger partial charge in [-0.1, -0.05) is 36.4 Å². The van der Waals surface area contributed by atoms with Crippen LogP contribution in [0.5, 0.6) is 5.75 Å². The fourth-order valence-electron chi connectivity index (χ4n) is 5.20. The minimum Gasteiger partial charge on any atom is -0.495 e. The SMILES string of the molecule is COc1c(C#N)cc2ccccc2c1CN(C)C(=O)C(c1ccc(F)cc1)[C@@]1(NC(=O)C(F)(F)F)CCNC1. The van der Waals surface area contributed by atoms with Crippen LogP contribution in [-0.4, -0.2) is 55.7 Å². The molecule has 7 nitrogen and oxygen atoms in total. The van der Waals surface area contributed by atoms with Gasteiger partial charge in [0.05, 0.1) is 24.1 Å². The Kier molecular flexibility index (Phi) is 7.79. The molecule has 3 aromatic rings. The zero-order chi connectivity index (χ0) is 28.4. The van der Waals surface area contributed by atoms with E-state index in [4.69, 9.17) is 4.74 Å². The van der Waals surface area contributed by atoms with E-state index in [0.29, 0.717) is 5.56 Å². The van der Waals surface area contributed by atoms with Crippen molar-refractivity contribution >= 4 is 22.6 Å². The third-order valence-electron chi connectivity index (χ3n) is 7.01. The molecular formula is C28H26F4N4O3. The minimum absolute atomic E-state index is 0.0343. The zero-order valence-corrected chi connectivity index (χ0v) is 21.2. The number of fused-ring (bicyclic) bond motifs is 1. The molecule has 11 heteroatoms. The molecule has 1 fully saturated rings. The molecule has 0 saturated carbocycles. The number of rotatable bonds is 7. The zero-order valence-electron chi connectivity index (χ0n) is 21.2. The number of hydrogen-bond acceptors (Lipinski definition) is 5. The number of hydrogen-bond donors (Lipinski definition) is 2. The number of carbonyl (C=O) groups excluding carboxylic acids is 2. The Balaban J connectivity index is 1.80. The number of amides is 2. The highest BCUT2D eigenvalue weighted by Crippen LogP contribution is 2.38. The minimum atomic E-state index is -5.16. The van der Waals surface area contributed by atoms with E-state index in [9.17, 15) is 32.4 Å². The molecule has 0 bridgehead atoms. The molecule has 0 aliphatic carbocycles. The van der Waals surface area contributed by atoms with Gasteiger partial charge in [-0.2, -0.15) is 18.4 Å². The lowest BCUT2D eigenvalue weighted by molar-refractivity contribution is -0.176. The van der Waals surface area contributed by atoms with Crippen LogP contribution in [0, 0.1) is 17.1 Å². The molecule has 2 N–H and O–H groups in total. The highest BCUT2D eigenvalue weighted by molar-refractivity contribution is 5.92. The third kappa shape index (κ3) is 5.52. The van der Waals surface area contributed by atoms with Crippen molar-refractivity contribution in [1.29, 1.82) is 5.26 Å². The number of likely N-dealkylation sites (N-methyl/N-ethyl adjacent to an activating group) is 1.